The van der Waals surface area contributed by atoms with Crippen LogP contribution in [0.25, 0.3) is 0 Å². The largest absolute Gasteiger partial charge is 0.389 e. The molecule has 2 saturated heterocycles. The number of likely N-dealkylation sites (tertiary alicyclic amines) is 2. The molecule has 4 rings (SSSR count). The summed E-state index contributed by atoms with van der Waals surface area (Å²) in [6.07, 6.45) is 4.13. The predicted octanol–water partition coefficient (Wildman–Crippen LogP) is 1.66. The molecule has 2 aromatic rings. The zero-order valence-electron chi connectivity index (χ0n) is 15.2. The second kappa shape index (κ2) is 6.85. The number of nitrogens with zero attached hydrogens (tertiary/aromatic N) is 4. The van der Waals surface area contributed by atoms with Gasteiger partial charge in [-0.1, -0.05) is 30.3 Å². The second-order valence-electron chi connectivity index (χ2n) is 7.51. The van der Waals surface area contributed by atoms with Gasteiger partial charge in [0.2, 0.25) is 0 Å². The summed E-state index contributed by atoms with van der Waals surface area (Å²) in [5, 5.41) is 15.2. The number of aliphatic hydroxyl groups excluding tert-OH is 1. The van der Waals surface area contributed by atoms with Crippen LogP contribution < -0.4 is 0 Å². The number of benzene rings is 1. The van der Waals surface area contributed by atoms with E-state index in [2.05, 4.69) is 34.3 Å². The van der Waals surface area contributed by atoms with E-state index in [0.717, 1.165) is 32.4 Å². The van der Waals surface area contributed by atoms with Crippen molar-refractivity contribution in [1.82, 2.24) is 19.6 Å². The molecule has 1 aromatic heterocycles. The van der Waals surface area contributed by atoms with Gasteiger partial charge in [-0.2, -0.15) is 5.10 Å². The maximum absolute atomic E-state index is 12.7. The van der Waals surface area contributed by atoms with Crippen molar-refractivity contribution in [3.05, 3.63) is 53.9 Å². The first kappa shape index (κ1) is 17.2. The van der Waals surface area contributed by atoms with Crippen LogP contribution in [0.4, 0.5) is 0 Å². The average Bonchev–Trinajstić information content (AvgIpc) is 3.25. The SMILES string of the molecule is Cn1ccc(C(=O)N2CC[C@@]3(CCCN3Cc3ccccc3)[C@@H](O)C2)n1. The Kier molecular flexibility index (Phi) is 4.54. The minimum atomic E-state index is -0.532. The van der Waals surface area contributed by atoms with Crippen molar-refractivity contribution in [2.45, 2.75) is 37.5 Å². The number of aliphatic hydroxyl groups is 1. The number of piperidine rings is 1. The van der Waals surface area contributed by atoms with E-state index in [-0.39, 0.29) is 11.4 Å². The summed E-state index contributed by atoms with van der Waals surface area (Å²) < 4.78 is 1.63. The predicted molar refractivity (Wildman–Crippen MR) is 98.6 cm³/mol. The fraction of sp³-hybridized carbons (Fsp3) is 0.500. The highest BCUT2D eigenvalue weighted by Crippen LogP contribution is 2.39. The number of hydrogen-bond acceptors (Lipinski definition) is 4. The lowest BCUT2D eigenvalue weighted by Gasteiger charge is -2.48. The molecule has 1 N–H and O–H groups in total. The monoisotopic (exact) mass is 354 g/mol. The van der Waals surface area contributed by atoms with Gasteiger partial charge in [-0.3, -0.25) is 14.4 Å². The first-order valence-electron chi connectivity index (χ1n) is 9.34. The normalized spacial score (nSPS) is 26.5. The lowest BCUT2D eigenvalue weighted by molar-refractivity contribution is -0.0597. The number of amides is 1. The van der Waals surface area contributed by atoms with Gasteiger partial charge in [0.1, 0.15) is 5.69 Å². The van der Waals surface area contributed by atoms with Gasteiger partial charge >= 0.3 is 0 Å². The molecular formula is C20H26N4O2. The summed E-state index contributed by atoms with van der Waals surface area (Å²) >= 11 is 0. The molecular weight excluding hydrogens is 328 g/mol. The number of rotatable bonds is 3. The van der Waals surface area contributed by atoms with E-state index >= 15 is 0 Å². The Hall–Kier alpha value is -2.18. The summed E-state index contributed by atoms with van der Waals surface area (Å²) in [5.74, 6) is -0.0906. The maximum atomic E-state index is 12.7. The Morgan fingerprint density at radius 3 is 2.73 bits per heavy atom. The first-order valence-corrected chi connectivity index (χ1v) is 9.34. The first-order chi connectivity index (χ1) is 12.6. The van der Waals surface area contributed by atoms with Crippen LogP contribution in [0.5, 0.6) is 0 Å². The average molecular weight is 354 g/mol. The third-order valence-corrected chi connectivity index (χ3v) is 5.93. The molecule has 2 aliphatic rings. The van der Waals surface area contributed by atoms with Crippen LogP contribution in [0.2, 0.25) is 0 Å². The number of carbonyl (C=O) groups excluding carboxylic acids is 1. The fourth-order valence-electron chi connectivity index (χ4n) is 4.50. The van der Waals surface area contributed by atoms with Crippen LogP contribution in [0.15, 0.2) is 42.6 Å². The Balaban J connectivity index is 1.47. The summed E-state index contributed by atoms with van der Waals surface area (Å²) in [5.41, 5.74) is 1.51. The lowest BCUT2D eigenvalue weighted by Crippen LogP contribution is -2.62. The molecule has 6 heteroatoms. The Morgan fingerprint density at radius 1 is 1.23 bits per heavy atom. The van der Waals surface area contributed by atoms with E-state index in [1.54, 1.807) is 28.9 Å². The van der Waals surface area contributed by atoms with Crippen molar-refractivity contribution in [2.24, 2.45) is 7.05 Å². The van der Waals surface area contributed by atoms with Gasteiger partial charge in [-0.15, -0.1) is 0 Å². The third kappa shape index (κ3) is 3.04. The summed E-state index contributed by atoms with van der Waals surface area (Å²) in [6.45, 7) is 2.89. The number of aryl methyl sites for hydroxylation is 1. The Bertz CT molecular complexity index is 775. The molecule has 0 saturated carbocycles. The molecule has 0 bridgehead atoms. The van der Waals surface area contributed by atoms with Gasteiger partial charge in [0.25, 0.3) is 5.91 Å². The van der Waals surface area contributed by atoms with Crippen molar-refractivity contribution < 1.29 is 9.90 Å². The van der Waals surface area contributed by atoms with Crippen LogP contribution >= 0.6 is 0 Å². The van der Waals surface area contributed by atoms with E-state index < -0.39 is 6.10 Å². The van der Waals surface area contributed by atoms with Gasteiger partial charge < -0.3 is 10.0 Å². The van der Waals surface area contributed by atoms with Crippen molar-refractivity contribution in [1.29, 1.82) is 0 Å². The molecule has 0 aliphatic carbocycles. The number of carbonyl (C=O) groups is 1. The van der Waals surface area contributed by atoms with Gasteiger partial charge in [0, 0.05) is 32.9 Å². The van der Waals surface area contributed by atoms with E-state index in [1.165, 1.54) is 5.56 Å². The van der Waals surface area contributed by atoms with E-state index in [9.17, 15) is 9.90 Å². The maximum Gasteiger partial charge on any atom is 0.274 e. The van der Waals surface area contributed by atoms with E-state index in [0.29, 0.717) is 18.8 Å². The Labute approximate surface area is 154 Å². The van der Waals surface area contributed by atoms with E-state index in [1.807, 2.05) is 6.07 Å². The third-order valence-electron chi connectivity index (χ3n) is 5.93. The topological polar surface area (TPSA) is 61.6 Å². The van der Waals surface area contributed by atoms with Crippen LogP contribution in [0.1, 0.15) is 35.3 Å². The quantitative estimate of drug-likeness (QED) is 0.911. The molecule has 26 heavy (non-hydrogen) atoms. The summed E-state index contributed by atoms with van der Waals surface area (Å²) in [4.78, 5) is 16.8. The van der Waals surface area contributed by atoms with Gasteiger partial charge in [0.15, 0.2) is 0 Å². The molecule has 138 valence electrons. The number of hydrogen-bond donors (Lipinski definition) is 1. The van der Waals surface area contributed by atoms with Crippen LogP contribution in [-0.2, 0) is 13.6 Å². The Morgan fingerprint density at radius 2 is 2.04 bits per heavy atom. The second-order valence-corrected chi connectivity index (χ2v) is 7.51. The standard InChI is InChI=1S/C20H26N4O2/c1-22-12-8-17(21-22)19(26)23-13-10-20(18(25)15-23)9-5-11-24(20)14-16-6-3-2-4-7-16/h2-4,6-8,12,18,25H,5,9-11,13-15H2,1H3/t18-,20-/m0/s1. The molecule has 2 atom stereocenters. The zero-order valence-corrected chi connectivity index (χ0v) is 15.2. The van der Waals surface area contributed by atoms with Crippen molar-refractivity contribution in [3.63, 3.8) is 0 Å². The van der Waals surface area contributed by atoms with Crippen LogP contribution in [-0.4, -0.2) is 61.9 Å². The number of aromatic nitrogens is 2. The van der Waals surface area contributed by atoms with E-state index in [4.69, 9.17) is 0 Å². The van der Waals surface area contributed by atoms with Gasteiger partial charge in [0.05, 0.1) is 11.6 Å². The van der Waals surface area contributed by atoms with Crippen molar-refractivity contribution in [3.8, 4) is 0 Å². The highest BCUT2D eigenvalue weighted by Gasteiger charge is 2.49. The smallest absolute Gasteiger partial charge is 0.274 e. The lowest BCUT2D eigenvalue weighted by atomic mass is 9.82. The van der Waals surface area contributed by atoms with Gasteiger partial charge in [-0.05, 0) is 37.4 Å². The van der Waals surface area contributed by atoms with Crippen molar-refractivity contribution in [2.75, 3.05) is 19.6 Å². The fourth-order valence-corrected chi connectivity index (χ4v) is 4.50. The molecule has 1 spiro atoms. The zero-order chi connectivity index (χ0) is 18.1. The van der Waals surface area contributed by atoms with Crippen LogP contribution in [0.3, 0.4) is 0 Å². The highest BCUT2D eigenvalue weighted by atomic mass is 16.3. The van der Waals surface area contributed by atoms with Crippen molar-refractivity contribution >= 4 is 5.91 Å². The van der Waals surface area contributed by atoms with Gasteiger partial charge in [-0.25, -0.2) is 0 Å². The molecule has 3 heterocycles. The minimum Gasteiger partial charge on any atom is -0.389 e. The number of β-amino-alcohol motifs (C(OH)–C–C–N with tert-alkyl or cyclic N) is 1. The molecule has 0 radical (unpaired) electrons. The molecule has 6 nitrogen and oxygen atoms in total. The summed E-state index contributed by atoms with van der Waals surface area (Å²) in [6, 6.07) is 12.2. The highest BCUT2D eigenvalue weighted by molar-refractivity contribution is 5.92. The molecule has 1 aromatic carbocycles. The molecule has 2 aliphatic heterocycles. The minimum absolute atomic E-state index is 0.0906. The molecule has 0 unspecified atom stereocenters. The molecule has 1 amide bonds. The van der Waals surface area contributed by atoms with Crippen LogP contribution in [0, 0.1) is 0 Å². The molecule has 2 fully saturated rings. The summed E-state index contributed by atoms with van der Waals surface area (Å²) in [7, 11) is 1.80.